The molecule has 240 valence electrons. The van der Waals surface area contributed by atoms with Gasteiger partial charge in [0.25, 0.3) is 0 Å². The van der Waals surface area contributed by atoms with E-state index < -0.39 is 0 Å². The third-order valence-electron chi connectivity index (χ3n) is 6.76. The molecule has 0 bridgehead atoms. The smallest absolute Gasteiger partial charge is 0.0168 e. The minimum absolute atomic E-state index is 0.669. The molecule has 0 saturated heterocycles. The summed E-state index contributed by atoms with van der Waals surface area (Å²) in [5.41, 5.74) is 9.60. The molecule has 1 atom stereocenters. The van der Waals surface area contributed by atoms with E-state index in [0.29, 0.717) is 5.92 Å². The Balaban J connectivity index is -0.000000285. The van der Waals surface area contributed by atoms with Gasteiger partial charge in [-0.1, -0.05) is 175 Å². The Kier molecular flexibility index (Phi) is 38.2. The monoisotopic (exact) mass is 577 g/mol. The van der Waals surface area contributed by atoms with Crippen molar-refractivity contribution in [1.82, 2.24) is 0 Å². The lowest BCUT2D eigenvalue weighted by atomic mass is 9.88. The van der Waals surface area contributed by atoms with Gasteiger partial charge in [-0.25, -0.2) is 0 Å². The van der Waals surface area contributed by atoms with Crippen LogP contribution in [-0.2, 0) is 6.42 Å². The first kappa shape index (κ1) is 46.4. The van der Waals surface area contributed by atoms with Crippen LogP contribution in [-0.4, -0.2) is 0 Å². The molecule has 0 aliphatic carbocycles. The van der Waals surface area contributed by atoms with Crippen LogP contribution >= 0.6 is 0 Å². The summed E-state index contributed by atoms with van der Waals surface area (Å²) in [6.45, 7) is 38.8. The molecule has 42 heavy (non-hydrogen) atoms. The summed E-state index contributed by atoms with van der Waals surface area (Å²) in [6.07, 6.45) is 21.9. The molecule has 1 unspecified atom stereocenters. The Labute approximate surface area is 266 Å². The van der Waals surface area contributed by atoms with E-state index in [1.54, 1.807) is 6.08 Å². The highest BCUT2D eigenvalue weighted by Crippen LogP contribution is 2.24. The molecule has 0 heteroatoms. The molecule has 1 aromatic rings. The summed E-state index contributed by atoms with van der Waals surface area (Å²) in [5.74, 6) is 0.669. The van der Waals surface area contributed by atoms with Crippen LogP contribution in [0.15, 0.2) is 108 Å². The molecule has 0 aromatic heterocycles. The van der Waals surface area contributed by atoms with Gasteiger partial charge in [-0.15, -0.1) is 0 Å². The van der Waals surface area contributed by atoms with Crippen LogP contribution in [0.25, 0.3) is 0 Å². The molecule has 0 amide bonds. The molecule has 0 heterocycles. The second-order valence-corrected chi connectivity index (χ2v) is 10.3. The normalized spacial score (nSPS) is 11.4. The van der Waals surface area contributed by atoms with Gasteiger partial charge in [0, 0.05) is 0 Å². The van der Waals surface area contributed by atoms with Crippen LogP contribution in [0.3, 0.4) is 0 Å². The minimum atomic E-state index is 0.669. The van der Waals surface area contributed by atoms with E-state index in [-0.39, 0.29) is 0 Å². The van der Waals surface area contributed by atoms with Crippen molar-refractivity contribution in [1.29, 1.82) is 0 Å². The van der Waals surface area contributed by atoms with Gasteiger partial charge in [-0.05, 0) is 91.5 Å². The second kappa shape index (κ2) is 34.6. The first-order chi connectivity index (χ1) is 20.1. The summed E-state index contributed by atoms with van der Waals surface area (Å²) < 4.78 is 0. The summed E-state index contributed by atoms with van der Waals surface area (Å²) >= 11 is 0. The molecule has 0 nitrogen and oxygen atoms in total. The molecule has 1 aromatic carbocycles. The highest BCUT2D eigenvalue weighted by molar-refractivity contribution is 5.23. The van der Waals surface area contributed by atoms with Crippen LogP contribution in [0, 0.1) is 12.8 Å². The number of unbranched alkanes of at least 4 members (excludes halogenated alkanes) is 1. The van der Waals surface area contributed by atoms with E-state index in [0.717, 1.165) is 12.8 Å². The average molecular weight is 577 g/mol. The molecule has 0 aliphatic heterocycles. The summed E-state index contributed by atoms with van der Waals surface area (Å²) in [4.78, 5) is 0. The topological polar surface area (TPSA) is 0 Å². The fourth-order valence-electron chi connectivity index (χ4n) is 3.89. The summed E-state index contributed by atoms with van der Waals surface area (Å²) in [7, 11) is 0. The van der Waals surface area contributed by atoms with Crippen molar-refractivity contribution in [2.75, 3.05) is 0 Å². The van der Waals surface area contributed by atoms with Crippen molar-refractivity contribution >= 4 is 0 Å². The fraction of sp³-hybridized carbons (Fsp3) is 0.524. The van der Waals surface area contributed by atoms with Crippen LogP contribution in [0.5, 0.6) is 0 Å². The predicted octanol–water partition coefficient (Wildman–Crippen LogP) is 14.7. The molecule has 1 rings (SSSR count). The van der Waals surface area contributed by atoms with Crippen LogP contribution < -0.4 is 0 Å². The van der Waals surface area contributed by atoms with E-state index in [1.165, 1.54) is 77.5 Å². The third-order valence-corrected chi connectivity index (χ3v) is 6.76. The van der Waals surface area contributed by atoms with Crippen LogP contribution in [0.1, 0.15) is 139 Å². The maximum Gasteiger partial charge on any atom is -0.0168 e. The Morgan fingerprint density at radius 1 is 0.833 bits per heavy atom. The van der Waals surface area contributed by atoms with Gasteiger partial charge in [-0.3, -0.25) is 0 Å². The zero-order valence-corrected chi connectivity index (χ0v) is 30.6. The number of benzene rings is 1. The summed E-state index contributed by atoms with van der Waals surface area (Å²) in [6, 6.07) is 8.96. The quantitative estimate of drug-likeness (QED) is 0.153. The van der Waals surface area contributed by atoms with E-state index >= 15 is 0 Å². The van der Waals surface area contributed by atoms with Gasteiger partial charge in [0.05, 0.1) is 0 Å². The maximum absolute atomic E-state index is 4.28. The number of allylic oxidation sites excluding steroid dienone is 11. The van der Waals surface area contributed by atoms with Crippen molar-refractivity contribution in [3.63, 3.8) is 0 Å². The summed E-state index contributed by atoms with van der Waals surface area (Å²) in [5, 5.41) is 0. The Morgan fingerprint density at radius 2 is 1.40 bits per heavy atom. The van der Waals surface area contributed by atoms with Gasteiger partial charge in [-0.2, -0.15) is 0 Å². The molecule has 0 spiro atoms. The maximum atomic E-state index is 4.28. The second-order valence-electron chi connectivity index (χ2n) is 10.3. The number of hydrogen-bond donors (Lipinski definition) is 0. The number of hydrogen-bond acceptors (Lipinski definition) is 0. The lowest BCUT2D eigenvalue weighted by molar-refractivity contribution is 0.490. The first-order valence-electron chi connectivity index (χ1n) is 16.7. The molecule has 0 saturated carbocycles. The average Bonchev–Trinajstić information content (AvgIpc) is 3.01. The van der Waals surface area contributed by atoms with Gasteiger partial charge in [0.2, 0.25) is 0 Å². The molecule has 0 radical (unpaired) electrons. The zero-order valence-electron chi connectivity index (χ0n) is 30.6. The number of rotatable bonds is 14. The van der Waals surface area contributed by atoms with Crippen LogP contribution in [0.4, 0.5) is 0 Å². The first-order valence-corrected chi connectivity index (χ1v) is 16.7. The van der Waals surface area contributed by atoms with Gasteiger partial charge in [0.1, 0.15) is 0 Å². The SMILES string of the molecule is C=C(C=C(C)C)C(CCC)CCCCc1ccc(C)cc1.C=C/C(C)=C(/C)CC.C=C/C=C\C(=C/C)CC.CC.CC. The predicted molar refractivity (Wildman–Crippen MR) is 201 cm³/mol. The van der Waals surface area contributed by atoms with Crippen molar-refractivity contribution < 1.29 is 0 Å². The highest BCUT2D eigenvalue weighted by atomic mass is 14.1. The Hall–Kier alpha value is -2.60. The lowest BCUT2D eigenvalue weighted by Gasteiger charge is -2.17. The molecular formula is C42H72. The minimum Gasteiger partial charge on any atom is -0.0991 e. The van der Waals surface area contributed by atoms with Gasteiger partial charge >= 0.3 is 0 Å². The third kappa shape index (κ3) is 28.9. The zero-order chi connectivity index (χ0) is 33.3. The van der Waals surface area contributed by atoms with Crippen LogP contribution in [0.2, 0.25) is 0 Å². The Morgan fingerprint density at radius 3 is 1.79 bits per heavy atom. The van der Waals surface area contributed by atoms with E-state index in [1.807, 2.05) is 46.8 Å². The Bertz CT molecular complexity index is 892. The van der Waals surface area contributed by atoms with Crippen molar-refractivity contribution in [3.8, 4) is 0 Å². The van der Waals surface area contributed by atoms with E-state index in [9.17, 15) is 0 Å². The fourth-order valence-corrected chi connectivity index (χ4v) is 3.89. The van der Waals surface area contributed by atoms with Gasteiger partial charge in [0.15, 0.2) is 0 Å². The van der Waals surface area contributed by atoms with Crippen molar-refractivity contribution in [3.05, 3.63) is 119 Å². The molecular weight excluding hydrogens is 504 g/mol. The van der Waals surface area contributed by atoms with E-state index in [4.69, 9.17) is 0 Å². The standard InChI is InChI=1S/C21H32.C9H14.C8H14.2C2H6/c1-6-9-21(19(5)16-17(2)3)11-8-7-10-20-14-12-18(4)13-15-20;1-4-7-8-9(5-2)6-3;1-5-7(3)8(4)6-2;2*1-2/h12-16,21H,5-11H2,1-4H3;4-5,7-8H,1,6H2,2-3H3;5H,1,6H2,2-4H3;2*1-2H3/b;8-7-,9-5-;8-7-;;. The molecule has 0 fully saturated rings. The number of aryl methyl sites for hydroxylation is 2. The molecule has 0 aliphatic rings. The largest absolute Gasteiger partial charge is 0.0991 e. The molecule has 0 N–H and O–H groups in total. The van der Waals surface area contributed by atoms with Crippen molar-refractivity contribution in [2.45, 2.75) is 141 Å². The van der Waals surface area contributed by atoms with E-state index in [2.05, 4.69) is 118 Å². The highest BCUT2D eigenvalue weighted by Gasteiger charge is 2.10. The lowest BCUT2D eigenvalue weighted by Crippen LogP contribution is -2.03. The van der Waals surface area contributed by atoms with Crippen molar-refractivity contribution in [2.24, 2.45) is 5.92 Å². The van der Waals surface area contributed by atoms with Gasteiger partial charge < -0.3 is 0 Å².